The average Bonchev–Trinajstić information content (AvgIpc) is 2.25. The van der Waals surface area contributed by atoms with Crippen molar-refractivity contribution in [2.75, 3.05) is 26.9 Å². The summed E-state index contributed by atoms with van der Waals surface area (Å²) in [6.45, 7) is 1.14. The zero-order valence-electron chi connectivity index (χ0n) is 8.40. The highest BCUT2D eigenvalue weighted by atomic mass is 16.5. The van der Waals surface area contributed by atoms with Crippen LogP contribution in [0.25, 0.3) is 0 Å². The maximum Gasteiger partial charge on any atom is 0.118 e. The molecule has 0 saturated heterocycles. The Labute approximate surface area is 84.3 Å². The molecule has 14 heavy (non-hydrogen) atoms. The molecule has 0 fully saturated rings. The number of hydrogen-bond donors (Lipinski definition) is 1. The largest absolute Gasteiger partial charge is 0.497 e. The Morgan fingerprint density at radius 3 is 2.43 bits per heavy atom. The lowest BCUT2D eigenvalue weighted by molar-refractivity contribution is 0.0944. The molecule has 0 aliphatic carbocycles. The third-order valence-electron chi connectivity index (χ3n) is 1.93. The topological polar surface area (TPSA) is 38.7 Å². The lowest BCUT2D eigenvalue weighted by Gasteiger charge is -2.03. The number of aliphatic hydroxyl groups excluding tert-OH is 1. The number of ether oxygens (including phenoxy) is 2. The number of methoxy groups -OCH3 is 1. The van der Waals surface area contributed by atoms with E-state index in [1.807, 2.05) is 24.3 Å². The second kappa shape index (κ2) is 6.40. The van der Waals surface area contributed by atoms with Crippen LogP contribution in [-0.2, 0) is 11.2 Å². The fourth-order valence-electron chi connectivity index (χ4n) is 1.15. The highest BCUT2D eigenvalue weighted by Crippen LogP contribution is 2.11. The molecule has 1 rings (SSSR count). The normalized spacial score (nSPS) is 10.1. The highest BCUT2D eigenvalue weighted by Gasteiger charge is 1.94. The maximum absolute atomic E-state index is 8.49. The van der Waals surface area contributed by atoms with Crippen LogP contribution in [0.2, 0.25) is 0 Å². The molecule has 0 aliphatic heterocycles. The maximum atomic E-state index is 8.49. The summed E-state index contributed by atoms with van der Waals surface area (Å²) in [6, 6.07) is 7.89. The van der Waals surface area contributed by atoms with Gasteiger partial charge in [-0.2, -0.15) is 0 Å². The van der Waals surface area contributed by atoms with Crippen LogP contribution in [0.1, 0.15) is 5.56 Å². The smallest absolute Gasteiger partial charge is 0.118 e. The molecule has 0 atom stereocenters. The van der Waals surface area contributed by atoms with Gasteiger partial charge < -0.3 is 14.6 Å². The molecule has 0 unspecified atom stereocenters. The van der Waals surface area contributed by atoms with Gasteiger partial charge in [-0.1, -0.05) is 12.1 Å². The van der Waals surface area contributed by atoms with Crippen LogP contribution >= 0.6 is 0 Å². The minimum Gasteiger partial charge on any atom is -0.497 e. The van der Waals surface area contributed by atoms with Crippen molar-refractivity contribution < 1.29 is 14.6 Å². The molecule has 1 N–H and O–H groups in total. The predicted octanol–water partition coefficient (Wildman–Crippen LogP) is 1.25. The summed E-state index contributed by atoms with van der Waals surface area (Å²) < 4.78 is 10.2. The summed E-state index contributed by atoms with van der Waals surface area (Å²) in [4.78, 5) is 0. The Kier molecular flexibility index (Phi) is 5.04. The van der Waals surface area contributed by atoms with E-state index in [9.17, 15) is 0 Å². The van der Waals surface area contributed by atoms with Crippen molar-refractivity contribution in [1.29, 1.82) is 0 Å². The van der Waals surface area contributed by atoms with E-state index >= 15 is 0 Å². The minimum atomic E-state index is 0.0859. The molecule has 3 heteroatoms. The Morgan fingerprint density at radius 2 is 1.86 bits per heavy atom. The van der Waals surface area contributed by atoms with E-state index in [0.29, 0.717) is 13.2 Å². The SMILES string of the molecule is COc1ccc(CCOCCO)cc1. The summed E-state index contributed by atoms with van der Waals surface area (Å²) in [5, 5.41) is 8.49. The van der Waals surface area contributed by atoms with Crippen molar-refractivity contribution in [3.8, 4) is 5.75 Å². The van der Waals surface area contributed by atoms with Crippen LogP contribution in [-0.4, -0.2) is 32.0 Å². The van der Waals surface area contributed by atoms with E-state index in [2.05, 4.69) is 0 Å². The first kappa shape index (κ1) is 11.0. The minimum absolute atomic E-state index is 0.0859. The quantitative estimate of drug-likeness (QED) is 0.696. The van der Waals surface area contributed by atoms with Gasteiger partial charge in [-0.25, -0.2) is 0 Å². The van der Waals surface area contributed by atoms with Crippen LogP contribution in [0.3, 0.4) is 0 Å². The van der Waals surface area contributed by atoms with Crippen molar-refractivity contribution >= 4 is 0 Å². The highest BCUT2D eigenvalue weighted by molar-refractivity contribution is 5.27. The van der Waals surface area contributed by atoms with Gasteiger partial charge in [0.1, 0.15) is 5.75 Å². The second-order valence-electron chi connectivity index (χ2n) is 2.93. The van der Waals surface area contributed by atoms with Gasteiger partial charge in [-0.15, -0.1) is 0 Å². The predicted molar refractivity (Wildman–Crippen MR) is 54.6 cm³/mol. The molecule has 0 amide bonds. The lowest BCUT2D eigenvalue weighted by atomic mass is 10.1. The van der Waals surface area contributed by atoms with Crippen LogP contribution in [0.5, 0.6) is 5.75 Å². The molecule has 1 aromatic rings. The number of hydrogen-bond acceptors (Lipinski definition) is 3. The van der Waals surface area contributed by atoms with Gasteiger partial charge >= 0.3 is 0 Å². The van der Waals surface area contributed by atoms with Gasteiger partial charge in [0.2, 0.25) is 0 Å². The van der Waals surface area contributed by atoms with Crippen molar-refractivity contribution in [3.05, 3.63) is 29.8 Å². The Bertz CT molecular complexity index is 243. The first-order valence-electron chi connectivity index (χ1n) is 4.68. The van der Waals surface area contributed by atoms with Gasteiger partial charge in [-0.05, 0) is 24.1 Å². The fraction of sp³-hybridized carbons (Fsp3) is 0.455. The first-order valence-corrected chi connectivity index (χ1v) is 4.68. The summed E-state index contributed by atoms with van der Waals surface area (Å²) in [6.07, 6.45) is 0.865. The van der Waals surface area contributed by atoms with E-state index < -0.39 is 0 Å². The van der Waals surface area contributed by atoms with Gasteiger partial charge in [0.15, 0.2) is 0 Å². The van der Waals surface area contributed by atoms with E-state index in [1.165, 1.54) is 5.56 Å². The fourth-order valence-corrected chi connectivity index (χ4v) is 1.15. The molecule has 0 aliphatic rings. The summed E-state index contributed by atoms with van der Waals surface area (Å²) in [5.41, 5.74) is 1.21. The van der Waals surface area contributed by atoms with E-state index in [-0.39, 0.29) is 6.61 Å². The molecule has 0 saturated carbocycles. The van der Waals surface area contributed by atoms with Gasteiger partial charge in [0.05, 0.1) is 26.9 Å². The standard InChI is InChI=1S/C11H16O3/c1-13-11-4-2-10(3-5-11)6-8-14-9-7-12/h2-5,12H,6-9H2,1H3. The van der Waals surface area contributed by atoms with Crippen molar-refractivity contribution in [3.63, 3.8) is 0 Å². The van der Waals surface area contributed by atoms with Crippen LogP contribution in [0, 0.1) is 0 Å². The molecule has 0 heterocycles. The molecule has 0 aromatic heterocycles. The molecule has 78 valence electrons. The zero-order chi connectivity index (χ0) is 10.2. The van der Waals surface area contributed by atoms with E-state index in [0.717, 1.165) is 12.2 Å². The lowest BCUT2D eigenvalue weighted by Crippen LogP contribution is -2.03. The van der Waals surface area contributed by atoms with Gasteiger partial charge in [-0.3, -0.25) is 0 Å². The molecule has 3 nitrogen and oxygen atoms in total. The first-order chi connectivity index (χ1) is 6.86. The van der Waals surface area contributed by atoms with E-state index in [1.54, 1.807) is 7.11 Å². The number of rotatable bonds is 6. The van der Waals surface area contributed by atoms with E-state index in [4.69, 9.17) is 14.6 Å². The number of benzene rings is 1. The molecular weight excluding hydrogens is 180 g/mol. The summed E-state index contributed by atoms with van der Waals surface area (Å²) in [7, 11) is 1.65. The van der Waals surface area contributed by atoms with Crippen LogP contribution in [0.4, 0.5) is 0 Å². The van der Waals surface area contributed by atoms with Crippen molar-refractivity contribution in [2.45, 2.75) is 6.42 Å². The average molecular weight is 196 g/mol. The number of aliphatic hydroxyl groups is 1. The molecule has 0 bridgehead atoms. The third kappa shape index (κ3) is 3.77. The Morgan fingerprint density at radius 1 is 1.14 bits per heavy atom. The molecular formula is C11H16O3. The van der Waals surface area contributed by atoms with Crippen LogP contribution in [0.15, 0.2) is 24.3 Å². The third-order valence-corrected chi connectivity index (χ3v) is 1.93. The summed E-state index contributed by atoms with van der Waals surface area (Å²) >= 11 is 0. The van der Waals surface area contributed by atoms with Gasteiger partial charge in [0, 0.05) is 0 Å². The zero-order valence-corrected chi connectivity index (χ0v) is 8.40. The molecule has 0 radical (unpaired) electrons. The second-order valence-corrected chi connectivity index (χ2v) is 2.93. The molecule has 0 spiro atoms. The monoisotopic (exact) mass is 196 g/mol. The van der Waals surface area contributed by atoms with Crippen molar-refractivity contribution in [2.24, 2.45) is 0 Å². The van der Waals surface area contributed by atoms with Crippen LogP contribution < -0.4 is 4.74 Å². The van der Waals surface area contributed by atoms with Gasteiger partial charge in [0.25, 0.3) is 0 Å². The summed E-state index contributed by atoms with van der Waals surface area (Å²) in [5.74, 6) is 0.866. The Balaban J connectivity index is 2.29. The van der Waals surface area contributed by atoms with Crippen molar-refractivity contribution in [1.82, 2.24) is 0 Å². The molecule has 1 aromatic carbocycles. The Hall–Kier alpha value is -1.06.